The minimum absolute atomic E-state index is 0.0624. The lowest BCUT2D eigenvalue weighted by Crippen LogP contribution is -2.40. The number of benzene rings is 1. The number of rotatable bonds is 11. The summed E-state index contributed by atoms with van der Waals surface area (Å²) in [7, 11) is 0.848. The highest BCUT2D eigenvalue weighted by atomic mass is 31.2. The molecule has 150 valence electrons. The largest absolute Gasteiger partial charge is 0.468 e. The van der Waals surface area contributed by atoms with Crippen LogP contribution in [0.1, 0.15) is 13.8 Å². The van der Waals surface area contributed by atoms with Crippen LogP contribution in [0.15, 0.2) is 24.3 Å². The molecule has 27 heavy (non-hydrogen) atoms. The molecule has 0 heterocycles. The Morgan fingerprint density at radius 2 is 1.56 bits per heavy atom. The summed E-state index contributed by atoms with van der Waals surface area (Å²) >= 11 is 0. The molecular formula is C15H22N3O8P. The van der Waals surface area contributed by atoms with Crippen molar-refractivity contribution in [3.8, 4) is 5.75 Å². The lowest BCUT2D eigenvalue weighted by Gasteiger charge is -2.24. The fraction of sp³-hybridized carbons (Fsp3) is 0.467. The molecule has 1 rings (SSSR count). The highest BCUT2D eigenvalue weighted by Gasteiger charge is 2.24. The minimum atomic E-state index is -1.66. The van der Waals surface area contributed by atoms with Gasteiger partial charge < -0.3 is 14.2 Å². The number of hydrogen-bond donors (Lipinski definition) is 2. The summed E-state index contributed by atoms with van der Waals surface area (Å²) in [5.41, 5.74) is -0.0624. The van der Waals surface area contributed by atoms with Crippen LogP contribution in [0.3, 0.4) is 0 Å². The molecule has 0 radical (unpaired) electrons. The molecule has 1 aromatic rings. The molecule has 1 aromatic carbocycles. The van der Waals surface area contributed by atoms with Crippen molar-refractivity contribution in [1.82, 2.24) is 10.2 Å². The van der Waals surface area contributed by atoms with Gasteiger partial charge in [0.05, 0.1) is 19.1 Å². The molecule has 0 aliphatic carbocycles. The van der Waals surface area contributed by atoms with Crippen LogP contribution in [0.25, 0.3) is 0 Å². The van der Waals surface area contributed by atoms with Crippen molar-refractivity contribution in [2.75, 3.05) is 21.0 Å². The Labute approximate surface area is 157 Å². The molecule has 0 fully saturated rings. The van der Waals surface area contributed by atoms with Crippen LogP contribution in [0.4, 0.5) is 5.69 Å². The summed E-state index contributed by atoms with van der Waals surface area (Å²) in [6, 6.07) is 4.06. The highest BCUT2D eigenvalue weighted by Crippen LogP contribution is 2.29. The lowest BCUT2D eigenvalue weighted by molar-refractivity contribution is -0.384. The quantitative estimate of drug-likeness (QED) is 0.184. The standard InChI is InChI=1S/C15H22N3O8P/c1-10(14(19)23-3)16-27(17-11(2)15(20)24-4)26-9-25-13-7-5-12(6-8-13)18(21)22/h5-8,10-11,16-17H,9H2,1-4H3. The third-order valence-electron chi connectivity index (χ3n) is 3.19. The Morgan fingerprint density at radius 3 is 1.96 bits per heavy atom. The van der Waals surface area contributed by atoms with Gasteiger partial charge in [-0.15, -0.1) is 0 Å². The summed E-state index contributed by atoms with van der Waals surface area (Å²) in [6.45, 7) is 2.92. The smallest absolute Gasteiger partial charge is 0.322 e. The molecule has 0 aromatic heterocycles. The van der Waals surface area contributed by atoms with Crippen molar-refractivity contribution in [1.29, 1.82) is 0 Å². The summed E-state index contributed by atoms with van der Waals surface area (Å²) in [6.07, 6.45) is 0. The number of nitrogens with zero attached hydrogens (tertiary/aromatic N) is 1. The van der Waals surface area contributed by atoms with Gasteiger partial charge in [-0.2, -0.15) is 0 Å². The SMILES string of the molecule is COC(=O)C(C)NP(NC(C)C(=O)OC)OCOc1ccc([N+](=O)[O-])cc1. The highest BCUT2D eigenvalue weighted by molar-refractivity contribution is 7.48. The minimum Gasteiger partial charge on any atom is -0.468 e. The normalized spacial score (nSPS) is 13.9. The van der Waals surface area contributed by atoms with Crippen molar-refractivity contribution in [3.63, 3.8) is 0 Å². The maximum absolute atomic E-state index is 11.6. The molecule has 11 nitrogen and oxygen atoms in total. The first-order chi connectivity index (χ1) is 12.8. The van der Waals surface area contributed by atoms with Crippen LogP contribution >= 0.6 is 8.45 Å². The van der Waals surface area contributed by atoms with Crippen molar-refractivity contribution < 1.29 is 33.2 Å². The predicted molar refractivity (Wildman–Crippen MR) is 95.8 cm³/mol. The van der Waals surface area contributed by atoms with E-state index < -0.39 is 37.4 Å². The van der Waals surface area contributed by atoms with Crippen LogP contribution in [0.5, 0.6) is 5.75 Å². The zero-order valence-corrected chi connectivity index (χ0v) is 16.2. The number of carbonyl (C=O) groups is 2. The van der Waals surface area contributed by atoms with Gasteiger partial charge in [0, 0.05) is 12.1 Å². The van der Waals surface area contributed by atoms with Gasteiger partial charge in [0.2, 0.25) is 0 Å². The average Bonchev–Trinajstić information content (AvgIpc) is 2.66. The Kier molecular flexibility index (Phi) is 9.59. The first-order valence-electron chi connectivity index (χ1n) is 7.76. The number of esters is 2. The number of hydrogen-bond acceptors (Lipinski definition) is 10. The lowest BCUT2D eigenvalue weighted by atomic mass is 10.3. The number of carbonyl (C=O) groups excluding carboxylic acids is 2. The maximum atomic E-state index is 11.6. The van der Waals surface area contributed by atoms with E-state index in [2.05, 4.69) is 19.6 Å². The molecule has 0 saturated carbocycles. The van der Waals surface area contributed by atoms with Crippen LogP contribution in [-0.2, 0) is 23.6 Å². The van der Waals surface area contributed by atoms with Crippen LogP contribution in [0.2, 0.25) is 0 Å². The van der Waals surface area contributed by atoms with E-state index in [1.54, 1.807) is 13.8 Å². The van der Waals surface area contributed by atoms with Gasteiger partial charge in [0.1, 0.15) is 17.8 Å². The van der Waals surface area contributed by atoms with Crippen molar-refractivity contribution in [2.45, 2.75) is 25.9 Å². The van der Waals surface area contributed by atoms with Crippen molar-refractivity contribution >= 4 is 26.1 Å². The number of nitro benzene ring substituents is 1. The van der Waals surface area contributed by atoms with Crippen LogP contribution < -0.4 is 14.9 Å². The zero-order valence-electron chi connectivity index (χ0n) is 15.3. The third-order valence-corrected chi connectivity index (χ3v) is 4.79. The first-order valence-corrected chi connectivity index (χ1v) is 9.02. The van der Waals surface area contributed by atoms with Gasteiger partial charge >= 0.3 is 11.9 Å². The summed E-state index contributed by atoms with van der Waals surface area (Å²) in [5, 5.41) is 16.4. The Hall–Kier alpha value is -2.33. The van der Waals surface area contributed by atoms with Crippen LogP contribution in [0, 0.1) is 10.1 Å². The summed E-state index contributed by atoms with van der Waals surface area (Å²) in [4.78, 5) is 33.3. The number of ether oxygens (including phenoxy) is 3. The molecule has 0 bridgehead atoms. The van der Waals surface area contributed by atoms with E-state index in [1.165, 1.54) is 38.5 Å². The van der Waals surface area contributed by atoms with E-state index in [4.69, 9.17) is 9.26 Å². The second-order valence-corrected chi connectivity index (χ2v) is 6.55. The summed E-state index contributed by atoms with van der Waals surface area (Å²) < 4.78 is 20.2. The topological polar surface area (TPSA) is 138 Å². The number of nitro groups is 1. The van der Waals surface area contributed by atoms with Gasteiger partial charge in [-0.25, -0.2) is 10.2 Å². The molecule has 0 spiro atoms. The predicted octanol–water partition coefficient (Wildman–Crippen LogP) is 1.48. The Balaban J connectivity index is 2.64. The molecule has 2 atom stereocenters. The second kappa shape index (κ2) is 11.4. The number of non-ortho nitro benzene ring substituents is 1. The number of nitrogens with one attached hydrogen (secondary N) is 2. The number of methoxy groups -OCH3 is 2. The van der Waals surface area contributed by atoms with E-state index in [0.29, 0.717) is 5.75 Å². The summed E-state index contributed by atoms with van der Waals surface area (Å²) in [5.74, 6) is -0.651. The molecule has 2 N–H and O–H groups in total. The fourth-order valence-corrected chi connectivity index (χ4v) is 3.03. The van der Waals surface area contributed by atoms with E-state index >= 15 is 0 Å². The average molecular weight is 403 g/mol. The first kappa shape index (κ1) is 22.7. The van der Waals surface area contributed by atoms with Gasteiger partial charge in [0.25, 0.3) is 5.69 Å². The second-order valence-electron chi connectivity index (χ2n) is 5.18. The van der Waals surface area contributed by atoms with E-state index in [1.807, 2.05) is 0 Å². The van der Waals surface area contributed by atoms with Gasteiger partial charge in [-0.05, 0) is 26.0 Å². The van der Waals surface area contributed by atoms with E-state index in [0.717, 1.165) is 0 Å². The van der Waals surface area contributed by atoms with Gasteiger partial charge in [-0.1, -0.05) is 0 Å². The van der Waals surface area contributed by atoms with E-state index in [-0.39, 0.29) is 12.5 Å². The third kappa shape index (κ3) is 7.83. The van der Waals surface area contributed by atoms with E-state index in [9.17, 15) is 19.7 Å². The maximum Gasteiger partial charge on any atom is 0.322 e. The van der Waals surface area contributed by atoms with Gasteiger partial charge in [0.15, 0.2) is 15.2 Å². The fourth-order valence-electron chi connectivity index (χ4n) is 1.73. The molecule has 2 unspecified atom stereocenters. The van der Waals surface area contributed by atoms with Crippen molar-refractivity contribution in [3.05, 3.63) is 34.4 Å². The molecule has 12 heteroatoms. The molecule has 0 amide bonds. The molecular weight excluding hydrogens is 381 g/mol. The molecule has 0 aliphatic rings. The monoisotopic (exact) mass is 403 g/mol. The van der Waals surface area contributed by atoms with Gasteiger partial charge in [-0.3, -0.25) is 24.2 Å². The Bertz CT molecular complexity index is 618. The molecule has 0 saturated heterocycles. The van der Waals surface area contributed by atoms with Crippen molar-refractivity contribution in [2.24, 2.45) is 0 Å². The van der Waals surface area contributed by atoms with Crippen LogP contribution in [-0.4, -0.2) is 50.0 Å². The Morgan fingerprint density at radius 1 is 1.07 bits per heavy atom. The molecule has 0 aliphatic heterocycles. The zero-order chi connectivity index (χ0) is 20.4.